The number of nitrogens with zero attached hydrogens (tertiary/aromatic N) is 6. The van der Waals surface area contributed by atoms with E-state index >= 15 is 0 Å². The lowest BCUT2D eigenvalue weighted by molar-refractivity contribution is -0.0511. The molecule has 0 saturated carbocycles. The first kappa shape index (κ1) is 20.2. The van der Waals surface area contributed by atoms with Crippen molar-refractivity contribution in [1.29, 1.82) is 0 Å². The van der Waals surface area contributed by atoms with Crippen molar-refractivity contribution in [2.45, 2.75) is 24.5 Å². The molecule has 0 spiro atoms. The third kappa shape index (κ3) is 3.50. The summed E-state index contributed by atoms with van der Waals surface area (Å²) in [6, 6.07) is 9.56. The van der Waals surface area contributed by atoms with Gasteiger partial charge in [-0.3, -0.25) is 9.55 Å². The van der Waals surface area contributed by atoms with Crippen LogP contribution in [-0.2, 0) is 4.74 Å². The molecule has 164 valence electrons. The van der Waals surface area contributed by atoms with Crippen LogP contribution in [0.1, 0.15) is 11.8 Å². The molecule has 1 saturated heterocycles. The van der Waals surface area contributed by atoms with Crippen LogP contribution in [0.5, 0.6) is 0 Å². The fraction of sp³-hybridized carbons (Fsp3) is 0.250. The number of fused-ring (bicyclic) bond motifs is 2. The maximum atomic E-state index is 10.3. The number of aromatic nitrogens is 5. The Morgan fingerprint density at radius 1 is 1.19 bits per heavy atom. The molecule has 32 heavy (non-hydrogen) atoms. The van der Waals surface area contributed by atoms with E-state index in [-0.39, 0.29) is 17.4 Å². The molecule has 4 aromatic rings. The molecule has 0 radical (unpaired) electrons. The Hall–Kier alpha value is -3.71. The standard InChI is InChI=1S/C20H20N8O4/c21-17-14-18(28(9-23-14)19-16(31)15(30)13(8-29)32-19)26-20(25-17)27-24-7-10-3-4-12-11(6-10)2-1-5-22-12/h1-7,9,13,15-16,19,29-31H,8H2,(H3,21,25,26,27)/b24-7+/t13-,15-,16-,19-/m1/s1. The van der Waals surface area contributed by atoms with Crippen LogP contribution in [0.4, 0.5) is 11.8 Å². The Morgan fingerprint density at radius 3 is 2.88 bits per heavy atom. The predicted molar refractivity (Wildman–Crippen MR) is 116 cm³/mol. The third-order valence-electron chi connectivity index (χ3n) is 5.24. The summed E-state index contributed by atoms with van der Waals surface area (Å²) in [4.78, 5) is 17.0. The number of benzene rings is 1. The molecule has 1 fully saturated rings. The van der Waals surface area contributed by atoms with Crippen LogP contribution in [0.25, 0.3) is 22.1 Å². The molecule has 5 rings (SSSR count). The van der Waals surface area contributed by atoms with Crippen molar-refractivity contribution in [3.63, 3.8) is 0 Å². The molecule has 4 atom stereocenters. The molecular formula is C20H20N8O4. The highest BCUT2D eigenvalue weighted by Gasteiger charge is 2.44. The summed E-state index contributed by atoms with van der Waals surface area (Å²) < 4.78 is 6.99. The maximum Gasteiger partial charge on any atom is 0.247 e. The minimum Gasteiger partial charge on any atom is -0.394 e. The zero-order chi connectivity index (χ0) is 22.2. The fourth-order valence-corrected chi connectivity index (χ4v) is 3.62. The lowest BCUT2D eigenvalue weighted by atomic mass is 10.1. The first-order chi connectivity index (χ1) is 15.5. The van der Waals surface area contributed by atoms with E-state index in [1.165, 1.54) is 10.9 Å². The predicted octanol–water partition coefficient (Wildman–Crippen LogP) is 0.0142. The molecule has 4 heterocycles. The summed E-state index contributed by atoms with van der Waals surface area (Å²) in [6.07, 6.45) is 0.278. The Labute approximate surface area is 181 Å². The van der Waals surface area contributed by atoms with E-state index in [2.05, 4.69) is 30.5 Å². The van der Waals surface area contributed by atoms with Crippen molar-refractivity contribution in [3.05, 3.63) is 48.4 Å². The van der Waals surface area contributed by atoms with Crippen LogP contribution in [0.15, 0.2) is 48.0 Å². The van der Waals surface area contributed by atoms with Gasteiger partial charge in [0.1, 0.15) is 23.8 Å². The second kappa shape index (κ2) is 8.09. The van der Waals surface area contributed by atoms with Gasteiger partial charge in [-0.15, -0.1) is 0 Å². The number of nitrogens with one attached hydrogen (secondary N) is 1. The van der Waals surface area contributed by atoms with Crippen molar-refractivity contribution in [2.75, 3.05) is 17.8 Å². The number of aliphatic hydroxyl groups excluding tert-OH is 3. The van der Waals surface area contributed by atoms with E-state index in [4.69, 9.17) is 10.5 Å². The molecular weight excluding hydrogens is 416 g/mol. The van der Waals surface area contributed by atoms with E-state index in [1.54, 1.807) is 12.4 Å². The number of anilines is 2. The number of hydrazone groups is 1. The number of nitrogen functional groups attached to an aromatic ring is 1. The summed E-state index contributed by atoms with van der Waals surface area (Å²) in [5.41, 5.74) is 11.1. The molecule has 0 unspecified atom stereocenters. The highest BCUT2D eigenvalue weighted by atomic mass is 16.6. The average molecular weight is 436 g/mol. The van der Waals surface area contributed by atoms with Crippen LogP contribution in [0.2, 0.25) is 0 Å². The van der Waals surface area contributed by atoms with Gasteiger partial charge in [0, 0.05) is 11.6 Å². The summed E-state index contributed by atoms with van der Waals surface area (Å²) in [5, 5.41) is 34.8. The van der Waals surface area contributed by atoms with Gasteiger partial charge < -0.3 is 25.8 Å². The second-order valence-electron chi connectivity index (χ2n) is 7.31. The molecule has 1 aromatic carbocycles. The lowest BCUT2D eigenvalue weighted by Crippen LogP contribution is -2.33. The first-order valence-electron chi connectivity index (χ1n) is 9.81. The second-order valence-corrected chi connectivity index (χ2v) is 7.31. The van der Waals surface area contributed by atoms with E-state index in [0.29, 0.717) is 5.52 Å². The van der Waals surface area contributed by atoms with Crippen LogP contribution < -0.4 is 11.2 Å². The van der Waals surface area contributed by atoms with Gasteiger partial charge in [0.2, 0.25) is 5.95 Å². The van der Waals surface area contributed by atoms with Gasteiger partial charge in [-0.25, -0.2) is 10.4 Å². The van der Waals surface area contributed by atoms with E-state index in [0.717, 1.165) is 16.5 Å². The van der Waals surface area contributed by atoms with Gasteiger partial charge in [0.15, 0.2) is 17.7 Å². The number of imidazole rings is 1. The zero-order valence-electron chi connectivity index (χ0n) is 16.6. The Morgan fingerprint density at radius 2 is 2.06 bits per heavy atom. The van der Waals surface area contributed by atoms with Crippen LogP contribution in [0.3, 0.4) is 0 Å². The Bertz CT molecular complexity index is 1310. The molecule has 12 heteroatoms. The molecule has 1 aliphatic heterocycles. The van der Waals surface area contributed by atoms with Crippen LogP contribution in [0, 0.1) is 0 Å². The van der Waals surface area contributed by atoms with Gasteiger partial charge in [-0.1, -0.05) is 12.1 Å². The normalized spacial score (nSPS) is 23.5. The molecule has 0 bridgehead atoms. The van der Waals surface area contributed by atoms with Gasteiger partial charge in [-0.2, -0.15) is 15.1 Å². The molecule has 0 aliphatic carbocycles. The largest absolute Gasteiger partial charge is 0.394 e. The SMILES string of the molecule is Nc1nc(N/N=C/c2ccc3ncccc3c2)nc2c1ncn2[C@@H]1O[C@H](CO)[C@@H](O)[C@H]1O. The van der Waals surface area contributed by atoms with Crippen molar-refractivity contribution in [1.82, 2.24) is 24.5 Å². The van der Waals surface area contributed by atoms with Crippen LogP contribution in [-0.4, -0.2) is 71.0 Å². The van der Waals surface area contributed by atoms with Crippen molar-refractivity contribution < 1.29 is 20.1 Å². The minimum absolute atomic E-state index is 0.106. The maximum absolute atomic E-state index is 10.3. The zero-order valence-corrected chi connectivity index (χ0v) is 16.6. The van der Waals surface area contributed by atoms with Crippen molar-refractivity contribution in [2.24, 2.45) is 5.10 Å². The summed E-state index contributed by atoms with van der Waals surface area (Å²) in [7, 11) is 0. The third-order valence-corrected chi connectivity index (χ3v) is 5.24. The highest BCUT2D eigenvalue weighted by Crippen LogP contribution is 2.32. The molecule has 12 nitrogen and oxygen atoms in total. The van der Waals surface area contributed by atoms with Crippen molar-refractivity contribution in [3.8, 4) is 0 Å². The number of pyridine rings is 1. The number of rotatable bonds is 5. The number of hydrogen-bond donors (Lipinski definition) is 5. The van der Waals surface area contributed by atoms with E-state index in [1.807, 2.05) is 30.3 Å². The summed E-state index contributed by atoms with van der Waals surface area (Å²) in [5.74, 6) is 0.220. The lowest BCUT2D eigenvalue weighted by Gasteiger charge is -2.16. The summed E-state index contributed by atoms with van der Waals surface area (Å²) in [6.45, 7) is -0.440. The monoisotopic (exact) mass is 436 g/mol. The Kier molecular flexibility index (Phi) is 5.11. The highest BCUT2D eigenvalue weighted by molar-refractivity contribution is 5.89. The topological polar surface area (TPSA) is 177 Å². The summed E-state index contributed by atoms with van der Waals surface area (Å²) >= 11 is 0. The molecule has 1 aliphatic rings. The van der Waals surface area contributed by atoms with E-state index in [9.17, 15) is 15.3 Å². The number of nitrogens with two attached hydrogens (primary N) is 1. The molecule has 6 N–H and O–H groups in total. The van der Waals surface area contributed by atoms with Crippen molar-refractivity contribution >= 4 is 40.0 Å². The molecule has 3 aromatic heterocycles. The van der Waals surface area contributed by atoms with Gasteiger partial charge in [0.05, 0.1) is 24.7 Å². The van der Waals surface area contributed by atoms with Gasteiger partial charge in [-0.05, 0) is 23.8 Å². The quantitative estimate of drug-likeness (QED) is 0.212. The van der Waals surface area contributed by atoms with Gasteiger partial charge >= 0.3 is 0 Å². The number of aliphatic hydroxyl groups is 3. The van der Waals surface area contributed by atoms with E-state index < -0.39 is 31.1 Å². The smallest absolute Gasteiger partial charge is 0.247 e. The average Bonchev–Trinajstić information content (AvgIpc) is 3.35. The molecule has 0 amide bonds. The number of hydrogen-bond acceptors (Lipinski definition) is 11. The van der Waals surface area contributed by atoms with Gasteiger partial charge in [0.25, 0.3) is 0 Å². The Balaban J connectivity index is 1.41. The van der Waals surface area contributed by atoms with Crippen LogP contribution >= 0.6 is 0 Å². The minimum atomic E-state index is -1.28. The first-order valence-corrected chi connectivity index (χ1v) is 9.81. The fourth-order valence-electron chi connectivity index (χ4n) is 3.62. The number of ether oxygens (including phenoxy) is 1.